The second kappa shape index (κ2) is 5.59. The van der Waals surface area contributed by atoms with Gasteiger partial charge in [0.15, 0.2) is 21.3 Å². The summed E-state index contributed by atoms with van der Waals surface area (Å²) in [5.41, 5.74) is -1.69. The lowest BCUT2D eigenvalue weighted by Crippen LogP contribution is -2.49. The summed E-state index contributed by atoms with van der Waals surface area (Å²) in [5, 5.41) is 6.32. The van der Waals surface area contributed by atoms with Crippen LogP contribution in [0, 0.1) is 5.41 Å². The van der Waals surface area contributed by atoms with Gasteiger partial charge in [0, 0.05) is 11.6 Å². The van der Waals surface area contributed by atoms with Gasteiger partial charge < -0.3 is 4.84 Å². The van der Waals surface area contributed by atoms with E-state index in [1.54, 1.807) is 13.8 Å². The monoisotopic (exact) mass is 388 g/mol. The molecule has 26 heavy (non-hydrogen) atoms. The molecule has 0 spiro atoms. The third-order valence-corrected chi connectivity index (χ3v) is 6.98. The third kappa shape index (κ3) is 2.52. The lowest BCUT2D eigenvalue weighted by molar-refractivity contribution is -0.128. The van der Waals surface area contributed by atoms with Gasteiger partial charge in [-0.1, -0.05) is 35.5 Å². The molecular weight excluding hydrogens is 372 g/mol. The van der Waals surface area contributed by atoms with Gasteiger partial charge in [-0.25, -0.2) is 13.4 Å². The number of oxime groups is 1. The number of hydrogen-bond acceptors (Lipinski definition) is 7. The SMILES string of the molecule is CC1(C)C(=O)C(c2nc3c(ccc4ccccc43)s2)=NOC1S(C)(=O)=O. The maximum atomic E-state index is 12.9. The summed E-state index contributed by atoms with van der Waals surface area (Å²) in [6.07, 6.45) is 1.04. The molecule has 0 saturated heterocycles. The number of ketones is 1. The van der Waals surface area contributed by atoms with Crippen molar-refractivity contribution < 1.29 is 18.0 Å². The van der Waals surface area contributed by atoms with Crippen LogP contribution in [0.15, 0.2) is 41.6 Å². The van der Waals surface area contributed by atoms with Gasteiger partial charge >= 0.3 is 0 Å². The molecule has 0 fully saturated rings. The summed E-state index contributed by atoms with van der Waals surface area (Å²) in [4.78, 5) is 22.8. The Hall–Kier alpha value is -2.32. The zero-order chi connectivity index (χ0) is 18.7. The van der Waals surface area contributed by atoms with Gasteiger partial charge in [-0.2, -0.15) is 0 Å². The number of sulfone groups is 1. The van der Waals surface area contributed by atoms with E-state index >= 15 is 0 Å². The van der Waals surface area contributed by atoms with Gasteiger partial charge in [0.05, 0.1) is 15.6 Å². The molecule has 0 amide bonds. The average Bonchev–Trinajstić information content (AvgIpc) is 3.00. The first-order valence-electron chi connectivity index (χ1n) is 7.96. The summed E-state index contributed by atoms with van der Waals surface area (Å²) in [5.74, 6) is -0.387. The van der Waals surface area contributed by atoms with Crippen LogP contribution < -0.4 is 0 Å². The molecule has 2 aromatic carbocycles. The van der Waals surface area contributed by atoms with E-state index in [0.29, 0.717) is 5.01 Å². The van der Waals surface area contributed by atoms with Crippen LogP contribution >= 0.6 is 11.3 Å². The van der Waals surface area contributed by atoms with E-state index in [-0.39, 0.29) is 11.5 Å². The smallest absolute Gasteiger partial charge is 0.239 e. The molecule has 6 nitrogen and oxygen atoms in total. The molecule has 0 radical (unpaired) electrons. The Labute approximate surface area is 154 Å². The fraction of sp³-hybridized carbons (Fsp3) is 0.278. The van der Waals surface area contributed by atoms with E-state index in [1.165, 1.54) is 11.3 Å². The predicted molar refractivity (Wildman–Crippen MR) is 102 cm³/mol. The van der Waals surface area contributed by atoms with Gasteiger partial charge in [-0.05, 0) is 25.3 Å². The molecule has 134 valence electrons. The molecule has 3 aromatic rings. The minimum Gasteiger partial charge on any atom is -0.374 e. The molecule has 0 aliphatic carbocycles. The van der Waals surface area contributed by atoms with Crippen LogP contribution in [0.4, 0.5) is 0 Å². The molecule has 0 N–H and O–H groups in total. The number of Topliss-reactive ketones (excluding diaryl/α,β-unsaturated/α-hetero) is 1. The van der Waals surface area contributed by atoms with E-state index in [0.717, 1.165) is 27.2 Å². The molecule has 1 aliphatic rings. The standard InChI is InChI=1S/C18H16N2O4S2/c1-18(2)15(21)14(20-24-17(18)26(3,22)23)16-19-13-11-7-5-4-6-10(11)8-9-12(13)25-16/h4-9,17H,1-3H3. The number of hydrogen-bond donors (Lipinski definition) is 0. The third-order valence-electron chi connectivity index (χ3n) is 4.50. The highest BCUT2D eigenvalue weighted by molar-refractivity contribution is 7.91. The van der Waals surface area contributed by atoms with E-state index in [9.17, 15) is 13.2 Å². The van der Waals surface area contributed by atoms with Crippen LogP contribution in [-0.2, 0) is 19.5 Å². The first kappa shape index (κ1) is 17.1. The summed E-state index contributed by atoms with van der Waals surface area (Å²) < 4.78 is 24.8. The summed E-state index contributed by atoms with van der Waals surface area (Å²) in [6.45, 7) is 3.11. The lowest BCUT2D eigenvalue weighted by Gasteiger charge is -2.32. The molecule has 1 aromatic heterocycles. The highest BCUT2D eigenvalue weighted by atomic mass is 32.2. The van der Waals surface area contributed by atoms with Gasteiger partial charge in [0.25, 0.3) is 0 Å². The Bertz CT molecular complexity index is 1190. The fourth-order valence-electron chi connectivity index (χ4n) is 3.20. The van der Waals surface area contributed by atoms with Crippen molar-refractivity contribution in [3.8, 4) is 0 Å². The molecular formula is C18H16N2O4S2. The van der Waals surface area contributed by atoms with Crippen LogP contribution in [0.1, 0.15) is 18.9 Å². The van der Waals surface area contributed by atoms with Crippen LogP contribution in [0.2, 0.25) is 0 Å². The maximum Gasteiger partial charge on any atom is 0.239 e. The van der Waals surface area contributed by atoms with Crippen molar-refractivity contribution >= 4 is 53.7 Å². The van der Waals surface area contributed by atoms with Gasteiger partial charge in [-0.15, -0.1) is 11.3 Å². The van der Waals surface area contributed by atoms with Crippen LogP contribution in [0.3, 0.4) is 0 Å². The molecule has 4 rings (SSSR count). The molecule has 0 bridgehead atoms. The van der Waals surface area contributed by atoms with E-state index in [1.807, 2.05) is 36.4 Å². The summed E-state index contributed by atoms with van der Waals surface area (Å²) >= 11 is 1.34. The van der Waals surface area contributed by atoms with Crippen molar-refractivity contribution in [2.24, 2.45) is 10.6 Å². The van der Waals surface area contributed by atoms with E-state index in [2.05, 4.69) is 10.1 Å². The second-order valence-electron chi connectivity index (χ2n) is 6.91. The highest BCUT2D eigenvalue weighted by Crippen LogP contribution is 2.36. The van der Waals surface area contributed by atoms with Crippen molar-refractivity contribution in [2.75, 3.05) is 6.26 Å². The zero-order valence-electron chi connectivity index (χ0n) is 14.4. The fourth-order valence-corrected chi connectivity index (χ4v) is 5.54. The zero-order valence-corrected chi connectivity index (χ0v) is 16.0. The van der Waals surface area contributed by atoms with Crippen molar-refractivity contribution in [3.63, 3.8) is 0 Å². The van der Waals surface area contributed by atoms with Crippen molar-refractivity contribution in [2.45, 2.75) is 19.3 Å². The lowest BCUT2D eigenvalue weighted by atomic mass is 9.85. The number of fused-ring (bicyclic) bond motifs is 3. The van der Waals surface area contributed by atoms with Crippen molar-refractivity contribution in [3.05, 3.63) is 41.4 Å². The molecule has 2 heterocycles. The largest absolute Gasteiger partial charge is 0.374 e. The number of thiazole rings is 1. The minimum absolute atomic E-state index is 0.0696. The number of carbonyl (C=O) groups is 1. The Kier molecular flexibility index (Phi) is 3.68. The number of benzene rings is 2. The number of aromatic nitrogens is 1. The quantitative estimate of drug-likeness (QED) is 0.673. The normalized spacial score (nSPS) is 20.2. The van der Waals surface area contributed by atoms with Gasteiger partial charge in [0.2, 0.25) is 5.44 Å². The number of carbonyl (C=O) groups excluding carboxylic acids is 1. The van der Waals surface area contributed by atoms with E-state index in [4.69, 9.17) is 4.84 Å². The average molecular weight is 388 g/mol. The Morgan fingerprint density at radius 3 is 2.62 bits per heavy atom. The second-order valence-corrected chi connectivity index (χ2v) is 10.0. The Morgan fingerprint density at radius 1 is 1.15 bits per heavy atom. The van der Waals surface area contributed by atoms with Crippen LogP contribution in [-0.4, -0.2) is 36.6 Å². The number of rotatable bonds is 2. The maximum absolute atomic E-state index is 12.9. The minimum atomic E-state index is -3.59. The van der Waals surface area contributed by atoms with Crippen LogP contribution in [0.5, 0.6) is 0 Å². The molecule has 8 heteroatoms. The summed E-state index contributed by atoms with van der Waals surface area (Å²) in [6, 6.07) is 11.8. The van der Waals surface area contributed by atoms with Gasteiger partial charge in [-0.3, -0.25) is 4.79 Å². The molecule has 1 unspecified atom stereocenters. The first-order chi connectivity index (χ1) is 12.2. The van der Waals surface area contributed by atoms with Crippen LogP contribution in [0.25, 0.3) is 21.0 Å². The van der Waals surface area contributed by atoms with Crippen molar-refractivity contribution in [1.29, 1.82) is 0 Å². The summed E-state index contributed by atoms with van der Waals surface area (Å²) in [7, 11) is -3.59. The number of nitrogens with zero attached hydrogens (tertiary/aromatic N) is 2. The molecule has 1 aliphatic heterocycles. The Balaban J connectivity index is 1.87. The topological polar surface area (TPSA) is 85.7 Å². The molecule has 1 atom stereocenters. The first-order valence-corrected chi connectivity index (χ1v) is 10.7. The van der Waals surface area contributed by atoms with Gasteiger partial charge in [0.1, 0.15) is 5.01 Å². The molecule has 0 saturated carbocycles. The van der Waals surface area contributed by atoms with E-state index < -0.39 is 20.7 Å². The van der Waals surface area contributed by atoms with Crippen molar-refractivity contribution in [1.82, 2.24) is 4.98 Å². The highest BCUT2D eigenvalue weighted by Gasteiger charge is 2.50. The Morgan fingerprint density at radius 2 is 1.88 bits per heavy atom. The predicted octanol–water partition coefficient (Wildman–Crippen LogP) is 3.15.